The normalized spacial score (nSPS) is 26.0. The summed E-state index contributed by atoms with van der Waals surface area (Å²) in [6.45, 7) is 4.81. The molecule has 11 heteroatoms. The van der Waals surface area contributed by atoms with Gasteiger partial charge in [0.25, 0.3) is 11.8 Å². The lowest BCUT2D eigenvalue weighted by Crippen LogP contribution is -2.58. The van der Waals surface area contributed by atoms with E-state index in [4.69, 9.17) is 0 Å². The average molecular weight is 579 g/mol. The number of carbonyl (C=O) groups excluding carboxylic acids is 5. The first-order valence-corrected chi connectivity index (χ1v) is 15.5. The molecule has 11 nitrogen and oxygen atoms in total. The number of piperazine rings is 1. The molecule has 0 bridgehead atoms. The molecule has 42 heavy (non-hydrogen) atoms. The number of carbonyl (C=O) groups is 5. The molecule has 1 aromatic carbocycles. The van der Waals surface area contributed by atoms with Gasteiger partial charge in [-0.15, -0.1) is 0 Å². The number of hydrogen-bond acceptors (Lipinski definition) is 7. The summed E-state index contributed by atoms with van der Waals surface area (Å²) in [6.07, 6.45) is 5.69. The van der Waals surface area contributed by atoms with Crippen LogP contribution in [0.2, 0.25) is 0 Å². The number of benzene rings is 1. The number of nitrogens with one attached hydrogen (secondary N) is 3. The fraction of sp³-hybridized carbons (Fsp3) is 0.645. The lowest BCUT2D eigenvalue weighted by molar-refractivity contribution is -0.141. The van der Waals surface area contributed by atoms with Gasteiger partial charge in [-0.3, -0.25) is 24.0 Å². The maximum absolute atomic E-state index is 13.9. The molecule has 226 valence electrons. The van der Waals surface area contributed by atoms with Crippen LogP contribution in [0.4, 0.5) is 5.69 Å². The highest BCUT2D eigenvalue weighted by atomic mass is 16.2. The van der Waals surface area contributed by atoms with Crippen LogP contribution in [0.5, 0.6) is 0 Å². The largest absolute Gasteiger partial charge is 0.369 e. The fourth-order valence-electron chi connectivity index (χ4n) is 6.59. The maximum Gasteiger partial charge on any atom is 0.289 e. The highest BCUT2D eigenvalue weighted by Gasteiger charge is 2.51. The molecule has 2 saturated carbocycles. The topological polar surface area (TPSA) is 131 Å². The monoisotopic (exact) mass is 578 g/mol. The minimum Gasteiger partial charge on any atom is -0.369 e. The molecule has 5 fully saturated rings. The molecule has 2 aliphatic carbocycles. The molecule has 3 aliphatic heterocycles. The zero-order chi connectivity index (χ0) is 29.4. The molecule has 0 radical (unpaired) electrons. The van der Waals surface area contributed by atoms with Gasteiger partial charge in [0.2, 0.25) is 17.6 Å². The van der Waals surface area contributed by atoms with Crippen LogP contribution in [0.25, 0.3) is 0 Å². The van der Waals surface area contributed by atoms with Crippen molar-refractivity contribution in [2.75, 3.05) is 51.2 Å². The molecule has 5 aliphatic rings. The van der Waals surface area contributed by atoms with E-state index < -0.39 is 35.6 Å². The second kappa shape index (κ2) is 11.7. The summed E-state index contributed by atoms with van der Waals surface area (Å²) < 4.78 is 0. The van der Waals surface area contributed by atoms with Crippen molar-refractivity contribution in [2.45, 2.75) is 69.5 Å². The van der Waals surface area contributed by atoms with Gasteiger partial charge in [-0.05, 0) is 88.1 Å². The van der Waals surface area contributed by atoms with E-state index in [1.165, 1.54) is 0 Å². The van der Waals surface area contributed by atoms with Crippen LogP contribution in [-0.4, -0.2) is 104 Å². The van der Waals surface area contributed by atoms with E-state index >= 15 is 0 Å². The zero-order valence-corrected chi connectivity index (χ0v) is 24.4. The van der Waals surface area contributed by atoms with Gasteiger partial charge >= 0.3 is 0 Å². The third-order valence-electron chi connectivity index (χ3n) is 9.84. The van der Waals surface area contributed by atoms with Gasteiger partial charge in [0.05, 0.1) is 6.04 Å². The Kier molecular flexibility index (Phi) is 7.95. The number of nitrogens with zero attached hydrogens (tertiary/aromatic N) is 3. The molecular weight excluding hydrogens is 536 g/mol. The molecule has 3 atom stereocenters. The second-order valence-electron chi connectivity index (χ2n) is 13.0. The molecule has 6 rings (SSSR count). The highest BCUT2D eigenvalue weighted by Crippen LogP contribution is 2.55. The number of hydrogen-bond donors (Lipinski definition) is 3. The van der Waals surface area contributed by atoms with Gasteiger partial charge in [-0.1, -0.05) is 0 Å². The molecule has 3 heterocycles. The first-order valence-electron chi connectivity index (χ1n) is 15.5. The van der Waals surface area contributed by atoms with Gasteiger partial charge < -0.3 is 30.7 Å². The van der Waals surface area contributed by atoms with E-state index in [0.29, 0.717) is 31.5 Å². The standard InChI is InChI=1S/C31H42N6O5/c1-35-14-16-36(17-15-35)23-6-2-20(3-7-23)30(42)37-13-11-31(9-10-31)19-25(37)28(40)34-24(18-21-8-12-32-27(21)39)26(38)29(41)33-22-4-5-22/h2-3,6-7,21-22,24-25H,4-5,8-19H2,1H3,(H,32,39)(H,33,41)(H,34,40). The smallest absolute Gasteiger partial charge is 0.289 e. The average Bonchev–Trinajstić information content (AvgIpc) is 3.93. The van der Waals surface area contributed by atoms with Crippen molar-refractivity contribution in [3.63, 3.8) is 0 Å². The zero-order valence-electron chi connectivity index (χ0n) is 24.4. The van der Waals surface area contributed by atoms with Crippen LogP contribution in [0.15, 0.2) is 24.3 Å². The Labute approximate surface area is 246 Å². The molecule has 3 N–H and O–H groups in total. The van der Waals surface area contributed by atoms with E-state index in [1.54, 1.807) is 4.90 Å². The van der Waals surface area contributed by atoms with Crippen LogP contribution >= 0.6 is 0 Å². The molecule has 3 saturated heterocycles. The first-order chi connectivity index (χ1) is 20.2. The predicted molar refractivity (Wildman–Crippen MR) is 156 cm³/mol. The quantitative estimate of drug-likeness (QED) is 0.368. The predicted octanol–water partition coefficient (Wildman–Crippen LogP) is 0.682. The van der Waals surface area contributed by atoms with Crippen molar-refractivity contribution in [3.05, 3.63) is 29.8 Å². The van der Waals surface area contributed by atoms with E-state index in [9.17, 15) is 24.0 Å². The number of piperidine rings is 1. The van der Waals surface area contributed by atoms with Crippen LogP contribution < -0.4 is 20.9 Å². The minimum atomic E-state index is -1.12. The van der Waals surface area contributed by atoms with Crippen LogP contribution in [0, 0.1) is 11.3 Å². The number of ketones is 1. The Morgan fingerprint density at radius 3 is 2.31 bits per heavy atom. The highest BCUT2D eigenvalue weighted by molar-refractivity contribution is 6.38. The molecule has 3 unspecified atom stereocenters. The summed E-state index contributed by atoms with van der Waals surface area (Å²) in [6, 6.07) is 5.74. The van der Waals surface area contributed by atoms with Crippen molar-refractivity contribution in [1.82, 2.24) is 25.8 Å². The number of likely N-dealkylation sites (N-methyl/N-ethyl adjacent to an activating group) is 1. The van der Waals surface area contributed by atoms with E-state index in [1.807, 2.05) is 24.3 Å². The van der Waals surface area contributed by atoms with Crippen molar-refractivity contribution >= 4 is 35.1 Å². The Morgan fingerprint density at radius 2 is 1.69 bits per heavy atom. The minimum absolute atomic E-state index is 0.00333. The van der Waals surface area contributed by atoms with E-state index in [-0.39, 0.29) is 29.7 Å². The number of likely N-dealkylation sites (tertiary alicyclic amines) is 1. The van der Waals surface area contributed by atoms with Crippen molar-refractivity contribution in [1.29, 1.82) is 0 Å². The van der Waals surface area contributed by atoms with Crippen molar-refractivity contribution < 1.29 is 24.0 Å². The third kappa shape index (κ3) is 6.30. The number of rotatable bonds is 9. The molecule has 1 aromatic rings. The van der Waals surface area contributed by atoms with E-state index in [2.05, 4.69) is 32.8 Å². The van der Waals surface area contributed by atoms with Crippen molar-refractivity contribution in [3.8, 4) is 0 Å². The van der Waals surface area contributed by atoms with Crippen molar-refractivity contribution in [2.24, 2.45) is 11.3 Å². The Morgan fingerprint density at radius 1 is 0.976 bits per heavy atom. The van der Waals surface area contributed by atoms with E-state index in [0.717, 1.165) is 64.0 Å². The Bertz CT molecular complexity index is 1230. The number of anilines is 1. The fourth-order valence-corrected chi connectivity index (χ4v) is 6.59. The molecule has 1 spiro atoms. The van der Waals surface area contributed by atoms with Gasteiger partial charge in [-0.25, -0.2) is 0 Å². The maximum atomic E-state index is 13.9. The lowest BCUT2D eigenvalue weighted by atomic mass is 9.86. The lowest BCUT2D eigenvalue weighted by Gasteiger charge is -2.39. The van der Waals surface area contributed by atoms with Gasteiger partial charge in [0.15, 0.2) is 0 Å². The summed E-state index contributed by atoms with van der Waals surface area (Å²) >= 11 is 0. The van der Waals surface area contributed by atoms with Gasteiger partial charge in [0.1, 0.15) is 6.04 Å². The van der Waals surface area contributed by atoms with Gasteiger partial charge in [0, 0.05) is 62.5 Å². The van der Waals surface area contributed by atoms with Crippen LogP contribution in [-0.2, 0) is 19.2 Å². The molecule has 0 aromatic heterocycles. The number of Topliss-reactive ketones (excluding diaryl/α,β-unsaturated/α-hetero) is 1. The summed E-state index contributed by atoms with van der Waals surface area (Å²) in [4.78, 5) is 72.1. The Balaban J connectivity index is 1.17. The number of amides is 4. The van der Waals surface area contributed by atoms with Gasteiger partial charge in [-0.2, -0.15) is 0 Å². The summed E-state index contributed by atoms with van der Waals surface area (Å²) in [5, 5.41) is 8.31. The Hall–Kier alpha value is -3.47. The third-order valence-corrected chi connectivity index (χ3v) is 9.84. The summed E-state index contributed by atoms with van der Waals surface area (Å²) in [5.41, 5.74) is 1.65. The molecule has 4 amide bonds. The second-order valence-corrected chi connectivity index (χ2v) is 13.0. The summed E-state index contributed by atoms with van der Waals surface area (Å²) in [7, 11) is 2.11. The molecular formula is C31H42N6O5. The summed E-state index contributed by atoms with van der Waals surface area (Å²) in [5.74, 6) is -2.72. The first kappa shape index (κ1) is 28.6. The van der Waals surface area contributed by atoms with Crippen LogP contribution in [0.3, 0.4) is 0 Å². The SMILES string of the molecule is CN1CCN(c2ccc(C(=O)N3CCC4(CC4)CC3C(=O)NC(CC3CCNC3=O)C(=O)C(=O)NC3CC3)cc2)CC1. The van der Waals surface area contributed by atoms with Crippen LogP contribution in [0.1, 0.15) is 61.7 Å².